The van der Waals surface area contributed by atoms with E-state index in [0.29, 0.717) is 15.1 Å². The third-order valence-corrected chi connectivity index (χ3v) is 4.38. The Labute approximate surface area is 91.1 Å². The summed E-state index contributed by atoms with van der Waals surface area (Å²) in [4.78, 5) is 0. The summed E-state index contributed by atoms with van der Waals surface area (Å²) in [6.07, 6.45) is 0. The monoisotopic (exact) mass is 256 g/mol. The normalized spacial score (nSPS) is 10.9. The molecule has 1 aromatic carbocycles. The molecule has 2 rings (SSSR count). The second kappa shape index (κ2) is 3.24. The molecule has 1 aromatic heterocycles. The lowest BCUT2D eigenvalue weighted by Gasteiger charge is -1.92. The van der Waals surface area contributed by atoms with Gasteiger partial charge in [-0.25, -0.2) is 0 Å². The van der Waals surface area contributed by atoms with Gasteiger partial charge in [-0.3, -0.25) is 0 Å². The molecule has 0 spiro atoms. The van der Waals surface area contributed by atoms with E-state index < -0.39 is 0 Å². The number of aromatic nitrogens is 1. The summed E-state index contributed by atoms with van der Waals surface area (Å²) in [5.41, 5.74) is 0.737. The molecule has 0 atom stereocenters. The smallest absolute Gasteiger partial charge is 0.133 e. The number of hydrogen-bond acceptors (Lipinski definition) is 2. The Morgan fingerprint density at radius 2 is 2.00 bits per heavy atom. The van der Waals surface area contributed by atoms with Crippen molar-refractivity contribution in [2.45, 2.75) is 0 Å². The Kier molecular flexibility index (Phi) is 2.40. The van der Waals surface area contributed by atoms with Crippen LogP contribution in [0.25, 0.3) is 10.2 Å². The molecule has 1 heterocycles. The highest BCUT2D eigenvalue weighted by molar-refractivity contribution is 7.70. The van der Waals surface area contributed by atoms with Gasteiger partial charge < -0.3 is 0 Å². The molecular weight excluding hydrogens is 257 g/mol. The fourth-order valence-corrected chi connectivity index (χ4v) is 3.78. The highest BCUT2D eigenvalue weighted by Gasteiger charge is 2.20. The first-order valence-electron chi connectivity index (χ1n) is 2.92. The zero-order valence-electron chi connectivity index (χ0n) is 5.47. The summed E-state index contributed by atoms with van der Waals surface area (Å²) in [7, 11) is 2.83. The molecule has 0 N–H and O–H groups in total. The van der Waals surface area contributed by atoms with Gasteiger partial charge in [0.25, 0.3) is 15.2 Å². The molecule has 2 aromatic rings. The maximum Gasteiger partial charge on any atom is 0.325 e. The fourth-order valence-electron chi connectivity index (χ4n) is 0.818. The first-order valence-corrected chi connectivity index (χ1v) is 6.16. The van der Waals surface area contributed by atoms with Crippen LogP contribution in [0.5, 0.6) is 0 Å². The van der Waals surface area contributed by atoms with Crippen LogP contribution in [0.2, 0.25) is 15.1 Å². The van der Waals surface area contributed by atoms with Crippen molar-refractivity contribution in [3.8, 4) is 0 Å². The number of hydrogen-bond donors (Lipinski definition) is 0. The molecule has 0 aliphatic heterocycles. The van der Waals surface area contributed by atoms with Crippen LogP contribution in [0, 0.1) is 0 Å². The van der Waals surface area contributed by atoms with E-state index in [-0.39, 0.29) is 0 Å². The molecule has 0 unspecified atom stereocenters. The minimum atomic E-state index is 0.477. The van der Waals surface area contributed by atoms with Crippen LogP contribution in [0.15, 0.2) is 6.07 Å². The van der Waals surface area contributed by atoms with Gasteiger partial charge in [0.15, 0.2) is 5.52 Å². The second-order valence-electron chi connectivity index (χ2n) is 2.08. The van der Waals surface area contributed by atoms with Gasteiger partial charge in [-0.05, 0) is 6.07 Å². The first kappa shape index (κ1) is 8.91. The quantitative estimate of drug-likeness (QED) is 0.382. The molecule has 0 amide bonds. The van der Waals surface area contributed by atoms with Crippen molar-refractivity contribution in [3.05, 3.63) is 21.1 Å². The number of benzene rings is 1. The molecule has 0 radical (unpaired) electrons. The van der Waals surface area contributed by atoms with Gasteiger partial charge in [-0.2, -0.15) is 0 Å². The molecule has 0 aliphatic rings. The summed E-state index contributed by atoms with van der Waals surface area (Å²) in [5, 5.41) is 1.57. The van der Waals surface area contributed by atoms with E-state index in [1.807, 2.05) is 0 Å². The van der Waals surface area contributed by atoms with Crippen molar-refractivity contribution < 1.29 is 0 Å². The van der Waals surface area contributed by atoms with Gasteiger partial charge in [-0.1, -0.05) is 34.8 Å². The number of fused-ring (bicyclic) bond motifs is 1. The molecule has 0 saturated carbocycles. The van der Waals surface area contributed by atoms with E-state index in [1.165, 1.54) is 20.9 Å². The van der Waals surface area contributed by atoms with E-state index in [1.54, 1.807) is 6.07 Å². The number of halogens is 3. The van der Waals surface area contributed by atoms with Crippen LogP contribution < -0.4 is 0 Å². The highest BCUT2D eigenvalue weighted by Crippen LogP contribution is 2.38. The van der Waals surface area contributed by atoms with Crippen molar-refractivity contribution in [1.29, 1.82) is 0 Å². The lowest BCUT2D eigenvalue weighted by Crippen LogP contribution is -1.73. The maximum absolute atomic E-state index is 5.93. The van der Waals surface area contributed by atoms with Crippen LogP contribution >= 0.6 is 55.7 Å². The van der Waals surface area contributed by atoms with Gasteiger partial charge >= 0.3 is 10.3 Å². The first-order chi connectivity index (χ1) is 5.70. The zero-order chi connectivity index (χ0) is 8.72. The van der Waals surface area contributed by atoms with Gasteiger partial charge in [0.1, 0.15) is 5.02 Å². The summed E-state index contributed by atoms with van der Waals surface area (Å²) in [5.74, 6) is 0. The topological polar surface area (TPSA) is 12.9 Å². The fraction of sp³-hybridized carbons (Fsp3) is 0. The Morgan fingerprint density at radius 3 is 2.75 bits per heavy atom. The van der Waals surface area contributed by atoms with E-state index >= 15 is 0 Å². The SMILES string of the molecule is Clc1cc(Cl)c2ns[s+]c2c1Cl. The van der Waals surface area contributed by atoms with Crippen LogP contribution in [-0.4, -0.2) is 4.37 Å². The van der Waals surface area contributed by atoms with Crippen LogP contribution in [-0.2, 0) is 0 Å². The molecule has 0 saturated heterocycles. The Bertz CT molecular complexity index is 440. The predicted molar refractivity (Wildman–Crippen MR) is 56.9 cm³/mol. The lowest BCUT2D eigenvalue weighted by molar-refractivity contribution is 1.66. The Balaban J connectivity index is 2.97. The average Bonchev–Trinajstić information content (AvgIpc) is 2.48. The van der Waals surface area contributed by atoms with Gasteiger partial charge in [0.2, 0.25) is 0 Å². The summed E-state index contributed by atoms with van der Waals surface area (Å²) >= 11 is 17.6. The molecule has 62 valence electrons. The van der Waals surface area contributed by atoms with E-state index in [9.17, 15) is 0 Å². The number of rotatable bonds is 0. The molecule has 1 nitrogen and oxygen atoms in total. The second-order valence-corrected chi connectivity index (χ2v) is 5.13. The van der Waals surface area contributed by atoms with E-state index in [4.69, 9.17) is 34.8 Å². The zero-order valence-corrected chi connectivity index (χ0v) is 9.38. The summed E-state index contributed by atoms with van der Waals surface area (Å²) in [6.45, 7) is 0. The van der Waals surface area contributed by atoms with Crippen LogP contribution in [0.3, 0.4) is 0 Å². The van der Waals surface area contributed by atoms with Gasteiger partial charge in [0, 0.05) is 0 Å². The standard InChI is InChI=1S/C6HCl3NS2/c7-2-1-3(8)5-6(4(2)9)11-12-10-5/h1H/q+1. The van der Waals surface area contributed by atoms with Crippen molar-refractivity contribution in [1.82, 2.24) is 4.37 Å². The predicted octanol–water partition coefficient (Wildman–Crippen LogP) is 4.60. The number of nitrogens with zero attached hydrogens (tertiary/aromatic N) is 1. The molecule has 0 fully saturated rings. The minimum absolute atomic E-state index is 0.477. The lowest BCUT2D eigenvalue weighted by atomic mass is 10.3. The minimum Gasteiger partial charge on any atom is -0.133 e. The van der Waals surface area contributed by atoms with Gasteiger partial charge in [-0.15, -0.1) is 4.37 Å². The van der Waals surface area contributed by atoms with Gasteiger partial charge in [0.05, 0.1) is 10.0 Å². The molecule has 0 bridgehead atoms. The average molecular weight is 258 g/mol. The third-order valence-electron chi connectivity index (χ3n) is 1.35. The third kappa shape index (κ3) is 1.30. The molecule has 12 heavy (non-hydrogen) atoms. The molecule has 0 aliphatic carbocycles. The maximum atomic E-state index is 5.93. The largest absolute Gasteiger partial charge is 0.325 e. The summed E-state index contributed by atoms with van der Waals surface area (Å²) in [6, 6.07) is 1.61. The van der Waals surface area contributed by atoms with Crippen molar-refractivity contribution in [3.63, 3.8) is 0 Å². The van der Waals surface area contributed by atoms with Crippen LogP contribution in [0.4, 0.5) is 0 Å². The Hall–Kier alpha value is 0.330. The Morgan fingerprint density at radius 1 is 1.25 bits per heavy atom. The highest BCUT2D eigenvalue weighted by atomic mass is 35.5. The molecular formula is C6HCl3NS2+. The molecule has 6 heteroatoms. The summed E-state index contributed by atoms with van der Waals surface area (Å²) < 4.78 is 4.97. The van der Waals surface area contributed by atoms with Crippen molar-refractivity contribution in [2.75, 3.05) is 0 Å². The van der Waals surface area contributed by atoms with Crippen molar-refractivity contribution >= 4 is 65.9 Å². The van der Waals surface area contributed by atoms with E-state index in [0.717, 1.165) is 10.2 Å². The van der Waals surface area contributed by atoms with E-state index in [2.05, 4.69) is 4.37 Å². The van der Waals surface area contributed by atoms with Crippen molar-refractivity contribution in [2.24, 2.45) is 0 Å². The van der Waals surface area contributed by atoms with Crippen LogP contribution in [0.1, 0.15) is 0 Å².